The molecular weight excluding hydrogens is 212 g/mol. The van der Waals surface area contributed by atoms with Crippen LogP contribution in [0.15, 0.2) is 24.5 Å². The van der Waals surface area contributed by atoms with Crippen molar-refractivity contribution in [3.63, 3.8) is 0 Å². The zero-order chi connectivity index (χ0) is 12.1. The summed E-state index contributed by atoms with van der Waals surface area (Å²) in [6.45, 7) is 7.39. The average molecular weight is 234 g/mol. The minimum absolute atomic E-state index is 0.364. The number of hydrogen-bond acceptors (Lipinski definition) is 3. The first-order chi connectivity index (χ1) is 8.20. The molecule has 0 spiro atoms. The summed E-state index contributed by atoms with van der Waals surface area (Å²) < 4.78 is 5.42. The van der Waals surface area contributed by atoms with Gasteiger partial charge in [0.05, 0.1) is 0 Å². The molecule has 2 rings (SSSR count). The molecule has 1 aromatic rings. The van der Waals surface area contributed by atoms with E-state index in [9.17, 15) is 0 Å². The number of ether oxygens (including phenoxy) is 1. The highest BCUT2D eigenvalue weighted by molar-refractivity contribution is 5.12. The van der Waals surface area contributed by atoms with E-state index in [1.165, 1.54) is 5.56 Å². The summed E-state index contributed by atoms with van der Waals surface area (Å²) in [4.78, 5) is 4.16. The molecule has 1 aromatic heterocycles. The Morgan fingerprint density at radius 3 is 2.88 bits per heavy atom. The number of hydrogen-bond donors (Lipinski definition) is 1. The van der Waals surface area contributed by atoms with Crippen molar-refractivity contribution in [1.29, 1.82) is 0 Å². The van der Waals surface area contributed by atoms with E-state index in [2.05, 4.69) is 30.2 Å². The second kappa shape index (κ2) is 5.61. The van der Waals surface area contributed by atoms with E-state index < -0.39 is 0 Å². The lowest BCUT2D eigenvalue weighted by Gasteiger charge is -2.34. The normalized spacial score (nSPS) is 21.1. The van der Waals surface area contributed by atoms with Crippen molar-refractivity contribution >= 4 is 0 Å². The van der Waals surface area contributed by atoms with Crippen molar-refractivity contribution in [1.82, 2.24) is 10.3 Å². The molecule has 1 fully saturated rings. The van der Waals surface area contributed by atoms with Crippen LogP contribution in [0, 0.1) is 5.41 Å². The quantitative estimate of drug-likeness (QED) is 0.869. The van der Waals surface area contributed by atoms with Crippen LogP contribution in [0.1, 0.15) is 38.3 Å². The molecule has 1 unspecified atom stereocenters. The molecule has 3 heteroatoms. The summed E-state index contributed by atoms with van der Waals surface area (Å²) >= 11 is 0. The smallest absolute Gasteiger partial charge is 0.0471 e. The third-order valence-corrected chi connectivity index (χ3v) is 3.72. The third kappa shape index (κ3) is 3.51. The van der Waals surface area contributed by atoms with Crippen molar-refractivity contribution < 1.29 is 4.74 Å². The highest BCUT2D eigenvalue weighted by Crippen LogP contribution is 2.29. The Hall–Kier alpha value is -0.930. The first-order valence-corrected chi connectivity index (χ1v) is 6.41. The molecule has 2 heterocycles. The standard InChI is InChI=1S/C14H22N2O/c1-12(13-4-3-7-15-10-13)16-11-14(2)5-8-17-9-6-14/h3-4,7,10,12,16H,5-6,8-9,11H2,1-2H3. The van der Waals surface area contributed by atoms with Crippen LogP contribution in [-0.4, -0.2) is 24.7 Å². The first-order valence-electron chi connectivity index (χ1n) is 6.41. The number of nitrogens with one attached hydrogen (secondary N) is 1. The molecular formula is C14H22N2O. The summed E-state index contributed by atoms with van der Waals surface area (Å²) in [7, 11) is 0. The lowest BCUT2D eigenvalue weighted by Crippen LogP contribution is -2.37. The Morgan fingerprint density at radius 1 is 1.47 bits per heavy atom. The molecule has 1 atom stereocenters. The fraction of sp³-hybridized carbons (Fsp3) is 0.643. The minimum Gasteiger partial charge on any atom is -0.381 e. The number of aromatic nitrogens is 1. The molecule has 0 radical (unpaired) electrons. The third-order valence-electron chi connectivity index (χ3n) is 3.72. The van der Waals surface area contributed by atoms with Crippen LogP contribution in [0.3, 0.4) is 0 Å². The van der Waals surface area contributed by atoms with Gasteiger partial charge < -0.3 is 10.1 Å². The van der Waals surface area contributed by atoms with Crippen molar-refractivity contribution in [2.75, 3.05) is 19.8 Å². The van der Waals surface area contributed by atoms with Crippen LogP contribution in [0.5, 0.6) is 0 Å². The van der Waals surface area contributed by atoms with E-state index in [4.69, 9.17) is 4.74 Å². The van der Waals surface area contributed by atoms with Gasteiger partial charge in [-0.25, -0.2) is 0 Å². The second-order valence-electron chi connectivity index (χ2n) is 5.31. The molecule has 94 valence electrons. The van der Waals surface area contributed by atoms with E-state index in [0.717, 1.165) is 32.6 Å². The average Bonchev–Trinajstić information content (AvgIpc) is 2.38. The van der Waals surface area contributed by atoms with Crippen molar-refractivity contribution in [2.45, 2.75) is 32.7 Å². The summed E-state index contributed by atoms with van der Waals surface area (Å²) in [6.07, 6.45) is 6.06. The lowest BCUT2D eigenvalue weighted by atomic mass is 9.82. The summed E-state index contributed by atoms with van der Waals surface area (Å²) in [5, 5.41) is 3.61. The summed E-state index contributed by atoms with van der Waals surface area (Å²) in [5.74, 6) is 0. The predicted molar refractivity (Wildman–Crippen MR) is 68.8 cm³/mol. The second-order valence-corrected chi connectivity index (χ2v) is 5.31. The van der Waals surface area contributed by atoms with Crippen LogP contribution in [0.25, 0.3) is 0 Å². The van der Waals surface area contributed by atoms with E-state index in [-0.39, 0.29) is 0 Å². The van der Waals surface area contributed by atoms with Gasteiger partial charge in [0.15, 0.2) is 0 Å². The van der Waals surface area contributed by atoms with Crippen LogP contribution in [0.4, 0.5) is 0 Å². The molecule has 0 aliphatic carbocycles. The first kappa shape index (κ1) is 12.5. The Morgan fingerprint density at radius 2 is 2.24 bits per heavy atom. The van der Waals surface area contributed by atoms with E-state index in [0.29, 0.717) is 11.5 Å². The van der Waals surface area contributed by atoms with Gasteiger partial charge in [-0.3, -0.25) is 4.98 Å². The van der Waals surface area contributed by atoms with Gasteiger partial charge in [0.2, 0.25) is 0 Å². The van der Waals surface area contributed by atoms with E-state index in [1.54, 1.807) is 0 Å². The van der Waals surface area contributed by atoms with Crippen LogP contribution in [-0.2, 0) is 4.74 Å². The number of nitrogens with zero attached hydrogens (tertiary/aromatic N) is 1. The lowest BCUT2D eigenvalue weighted by molar-refractivity contribution is 0.0231. The van der Waals surface area contributed by atoms with Crippen molar-refractivity contribution in [3.8, 4) is 0 Å². The fourth-order valence-corrected chi connectivity index (χ4v) is 2.19. The van der Waals surface area contributed by atoms with Gasteiger partial charge >= 0.3 is 0 Å². The number of rotatable bonds is 4. The number of pyridine rings is 1. The van der Waals surface area contributed by atoms with Gasteiger partial charge in [0, 0.05) is 38.2 Å². The highest BCUT2D eigenvalue weighted by Gasteiger charge is 2.27. The maximum absolute atomic E-state index is 5.42. The molecule has 1 saturated heterocycles. The zero-order valence-corrected chi connectivity index (χ0v) is 10.8. The largest absolute Gasteiger partial charge is 0.381 e. The molecule has 0 amide bonds. The molecule has 1 aliphatic heterocycles. The maximum Gasteiger partial charge on any atom is 0.0471 e. The monoisotopic (exact) mass is 234 g/mol. The Kier molecular flexibility index (Phi) is 4.13. The molecule has 17 heavy (non-hydrogen) atoms. The summed E-state index contributed by atoms with van der Waals surface area (Å²) in [6, 6.07) is 4.48. The highest BCUT2D eigenvalue weighted by atomic mass is 16.5. The minimum atomic E-state index is 0.364. The van der Waals surface area contributed by atoms with Crippen LogP contribution >= 0.6 is 0 Å². The Balaban J connectivity index is 1.85. The van der Waals surface area contributed by atoms with Gasteiger partial charge in [-0.1, -0.05) is 13.0 Å². The zero-order valence-electron chi connectivity index (χ0n) is 10.8. The SMILES string of the molecule is CC(NCC1(C)CCOCC1)c1cccnc1. The topological polar surface area (TPSA) is 34.1 Å². The molecule has 0 aromatic carbocycles. The van der Waals surface area contributed by atoms with E-state index in [1.807, 2.05) is 18.5 Å². The molecule has 0 saturated carbocycles. The van der Waals surface area contributed by atoms with E-state index >= 15 is 0 Å². The Labute approximate surface area is 104 Å². The van der Waals surface area contributed by atoms with Gasteiger partial charge in [-0.15, -0.1) is 0 Å². The van der Waals surface area contributed by atoms with Crippen LogP contribution in [0.2, 0.25) is 0 Å². The molecule has 1 N–H and O–H groups in total. The van der Waals surface area contributed by atoms with Crippen LogP contribution < -0.4 is 5.32 Å². The maximum atomic E-state index is 5.42. The van der Waals surface area contributed by atoms with Crippen molar-refractivity contribution in [3.05, 3.63) is 30.1 Å². The molecule has 0 bridgehead atoms. The van der Waals surface area contributed by atoms with Gasteiger partial charge in [0.1, 0.15) is 0 Å². The molecule has 1 aliphatic rings. The molecule has 3 nitrogen and oxygen atoms in total. The Bertz CT molecular complexity index is 333. The predicted octanol–water partition coefficient (Wildman–Crippen LogP) is 2.55. The van der Waals surface area contributed by atoms with Gasteiger partial charge in [-0.05, 0) is 36.8 Å². The fourth-order valence-electron chi connectivity index (χ4n) is 2.19. The van der Waals surface area contributed by atoms with Crippen molar-refractivity contribution in [2.24, 2.45) is 5.41 Å². The van der Waals surface area contributed by atoms with Gasteiger partial charge in [0.25, 0.3) is 0 Å². The summed E-state index contributed by atoms with van der Waals surface area (Å²) in [5.41, 5.74) is 1.64. The van der Waals surface area contributed by atoms with Gasteiger partial charge in [-0.2, -0.15) is 0 Å².